The molecule has 0 aromatic carbocycles. The molecule has 0 bridgehead atoms. The SMILES string of the molecule is OC1(CCc2ccoc2)CCC2(CCC(OCCN3CCCC3)CC2)CC1. The summed E-state index contributed by atoms with van der Waals surface area (Å²) in [7, 11) is 0. The number of hydrogen-bond acceptors (Lipinski definition) is 4. The van der Waals surface area contributed by atoms with Gasteiger partial charge in [-0.3, -0.25) is 0 Å². The van der Waals surface area contributed by atoms with Crippen LogP contribution in [0.1, 0.15) is 76.2 Å². The summed E-state index contributed by atoms with van der Waals surface area (Å²) in [6.07, 6.45) is 17.8. The number of nitrogens with zero attached hydrogens (tertiary/aromatic N) is 1. The Morgan fingerprint density at radius 2 is 1.81 bits per heavy atom. The highest BCUT2D eigenvalue weighted by Gasteiger charge is 2.43. The van der Waals surface area contributed by atoms with Gasteiger partial charge in [0, 0.05) is 6.54 Å². The fourth-order valence-corrected chi connectivity index (χ4v) is 5.53. The summed E-state index contributed by atoms with van der Waals surface area (Å²) in [6, 6.07) is 2.01. The number of aryl methyl sites for hydroxylation is 1. The van der Waals surface area contributed by atoms with Gasteiger partial charge in [0.15, 0.2) is 0 Å². The molecule has 0 unspecified atom stereocenters. The molecule has 1 saturated heterocycles. The van der Waals surface area contributed by atoms with Gasteiger partial charge in [-0.1, -0.05) is 0 Å². The number of hydrogen-bond donors (Lipinski definition) is 1. The lowest BCUT2D eigenvalue weighted by atomic mass is 9.61. The number of furan rings is 1. The van der Waals surface area contributed by atoms with E-state index in [-0.39, 0.29) is 0 Å². The van der Waals surface area contributed by atoms with Crippen LogP contribution in [0.2, 0.25) is 0 Å². The van der Waals surface area contributed by atoms with Crippen molar-refractivity contribution in [3.05, 3.63) is 24.2 Å². The van der Waals surface area contributed by atoms with Gasteiger partial charge in [0.25, 0.3) is 0 Å². The molecule has 1 N–H and O–H groups in total. The Balaban J connectivity index is 1.16. The molecule has 0 atom stereocenters. The van der Waals surface area contributed by atoms with Gasteiger partial charge in [-0.15, -0.1) is 0 Å². The van der Waals surface area contributed by atoms with E-state index in [1.54, 1.807) is 12.5 Å². The first kappa shape index (κ1) is 19.5. The molecule has 0 radical (unpaired) electrons. The number of likely N-dealkylation sites (tertiary alicyclic amines) is 1. The molecule has 2 aliphatic carbocycles. The van der Waals surface area contributed by atoms with Crippen LogP contribution in [0.25, 0.3) is 0 Å². The van der Waals surface area contributed by atoms with Crippen LogP contribution in [0.15, 0.2) is 23.0 Å². The topological polar surface area (TPSA) is 45.8 Å². The van der Waals surface area contributed by atoms with Gasteiger partial charge in [0.05, 0.1) is 30.8 Å². The molecule has 1 aromatic heterocycles. The highest BCUT2D eigenvalue weighted by molar-refractivity contribution is 5.07. The number of ether oxygens (including phenoxy) is 1. The maximum absolute atomic E-state index is 11.0. The van der Waals surface area contributed by atoms with Crippen molar-refractivity contribution in [3.8, 4) is 0 Å². The van der Waals surface area contributed by atoms with E-state index in [0.29, 0.717) is 11.5 Å². The molecular weight excluding hydrogens is 338 g/mol. The average Bonchev–Trinajstić information content (AvgIpc) is 3.39. The molecule has 152 valence electrons. The highest BCUT2D eigenvalue weighted by atomic mass is 16.5. The predicted molar refractivity (Wildman–Crippen MR) is 107 cm³/mol. The number of rotatable bonds is 7. The third-order valence-corrected chi connectivity index (χ3v) is 7.65. The lowest BCUT2D eigenvalue weighted by Crippen LogP contribution is -2.42. The van der Waals surface area contributed by atoms with Crippen LogP contribution in [0, 0.1) is 5.41 Å². The molecule has 1 aliphatic heterocycles. The quantitative estimate of drug-likeness (QED) is 0.759. The summed E-state index contributed by atoms with van der Waals surface area (Å²) in [4.78, 5) is 2.54. The summed E-state index contributed by atoms with van der Waals surface area (Å²) in [6.45, 7) is 4.55. The van der Waals surface area contributed by atoms with Crippen molar-refractivity contribution < 1.29 is 14.3 Å². The van der Waals surface area contributed by atoms with Gasteiger partial charge >= 0.3 is 0 Å². The molecule has 3 aliphatic rings. The van der Waals surface area contributed by atoms with E-state index in [4.69, 9.17) is 9.15 Å². The summed E-state index contributed by atoms with van der Waals surface area (Å²) < 4.78 is 11.3. The summed E-state index contributed by atoms with van der Waals surface area (Å²) in [5.74, 6) is 0. The van der Waals surface area contributed by atoms with E-state index < -0.39 is 5.60 Å². The molecule has 1 aromatic rings. The van der Waals surface area contributed by atoms with Crippen LogP contribution in [-0.4, -0.2) is 48.0 Å². The van der Waals surface area contributed by atoms with E-state index in [1.807, 2.05) is 6.07 Å². The molecular formula is C23H37NO3. The average molecular weight is 376 g/mol. The largest absolute Gasteiger partial charge is 0.472 e. The van der Waals surface area contributed by atoms with Crippen molar-refractivity contribution >= 4 is 0 Å². The van der Waals surface area contributed by atoms with Gasteiger partial charge in [0.1, 0.15) is 0 Å². The van der Waals surface area contributed by atoms with Crippen LogP contribution in [-0.2, 0) is 11.2 Å². The molecule has 4 rings (SSSR count). The van der Waals surface area contributed by atoms with Gasteiger partial charge in [-0.2, -0.15) is 0 Å². The van der Waals surface area contributed by atoms with Crippen molar-refractivity contribution in [1.82, 2.24) is 4.90 Å². The van der Waals surface area contributed by atoms with Crippen molar-refractivity contribution in [2.45, 2.75) is 88.8 Å². The predicted octanol–water partition coefficient (Wildman–Crippen LogP) is 4.56. The monoisotopic (exact) mass is 375 g/mol. The Morgan fingerprint density at radius 3 is 2.48 bits per heavy atom. The van der Waals surface area contributed by atoms with E-state index in [1.165, 1.54) is 70.0 Å². The molecule has 4 nitrogen and oxygen atoms in total. The molecule has 1 spiro atoms. The highest BCUT2D eigenvalue weighted by Crippen LogP contribution is 2.51. The lowest BCUT2D eigenvalue weighted by molar-refractivity contribution is -0.0696. The van der Waals surface area contributed by atoms with Crippen LogP contribution < -0.4 is 0 Å². The smallest absolute Gasteiger partial charge is 0.0934 e. The summed E-state index contributed by atoms with van der Waals surface area (Å²) in [5.41, 5.74) is 1.22. The minimum absolute atomic E-state index is 0.467. The fraction of sp³-hybridized carbons (Fsp3) is 0.826. The van der Waals surface area contributed by atoms with Crippen molar-refractivity contribution in [2.24, 2.45) is 5.41 Å². The maximum Gasteiger partial charge on any atom is 0.0934 e. The first-order valence-corrected chi connectivity index (χ1v) is 11.2. The Morgan fingerprint density at radius 1 is 1.07 bits per heavy atom. The third-order valence-electron chi connectivity index (χ3n) is 7.65. The second kappa shape index (κ2) is 8.67. The minimum atomic E-state index is -0.467. The number of aliphatic hydroxyl groups is 1. The molecule has 2 saturated carbocycles. The normalized spacial score (nSPS) is 35.1. The van der Waals surface area contributed by atoms with Crippen LogP contribution in [0.5, 0.6) is 0 Å². The van der Waals surface area contributed by atoms with Crippen LogP contribution >= 0.6 is 0 Å². The van der Waals surface area contributed by atoms with Gasteiger partial charge in [-0.05, 0) is 107 Å². The van der Waals surface area contributed by atoms with Crippen LogP contribution in [0.4, 0.5) is 0 Å². The van der Waals surface area contributed by atoms with Crippen molar-refractivity contribution in [3.63, 3.8) is 0 Å². The van der Waals surface area contributed by atoms with Crippen molar-refractivity contribution in [2.75, 3.05) is 26.2 Å². The van der Waals surface area contributed by atoms with Gasteiger partial charge < -0.3 is 19.2 Å². The first-order valence-electron chi connectivity index (χ1n) is 11.2. The molecule has 0 amide bonds. The zero-order valence-electron chi connectivity index (χ0n) is 16.8. The Kier molecular flexibility index (Phi) is 6.25. The fourth-order valence-electron chi connectivity index (χ4n) is 5.53. The van der Waals surface area contributed by atoms with Gasteiger partial charge in [0.2, 0.25) is 0 Å². The van der Waals surface area contributed by atoms with Crippen LogP contribution in [0.3, 0.4) is 0 Å². The van der Waals surface area contributed by atoms with E-state index in [2.05, 4.69) is 4.90 Å². The van der Waals surface area contributed by atoms with Crippen molar-refractivity contribution in [1.29, 1.82) is 0 Å². The minimum Gasteiger partial charge on any atom is -0.472 e. The second-order valence-electron chi connectivity index (χ2n) is 9.47. The maximum atomic E-state index is 11.0. The zero-order chi connectivity index (χ0) is 18.6. The standard InChI is InChI=1S/C23H37NO3/c25-23(9-3-20-6-17-26-19-20)12-10-22(11-13-23)7-4-21(5-8-22)27-18-16-24-14-1-2-15-24/h6,17,19,21,25H,1-5,7-16,18H2. The van der Waals surface area contributed by atoms with E-state index in [0.717, 1.165) is 38.8 Å². The first-order chi connectivity index (χ1) is 13.1. The van der Waals surface area contributed by atoms with E-state index >= 15 is 0 Å². The Bertz CT molecular complexity index is 546. The summed E-state index contributed by atoms with van der Waals surface area (Å²) >= 11 is 0. The van der Waals surface area contributed by atoms with Gasteiger partial charge in [-0.25, -0.2) is 0 Å². The molecule has 27 heavy (non-hydrogen) atoms. The second-order valence-corrected chi connectivity index (χ2v) is 9.47. The lowest BCUT2D eigenvalue weighted by Gasteiger charge is -2.47. The molecule has 4 heteroatoms. The zero-order valence-corrected chi connectivity index (χ0v) is 16.8. The molecule has 3 fully saturated rings. The Hall–Kier alpha value is -0.840. The molecule has 2 heterocycles. The summed E-state index contributed by atoms with van der Waals surface area (Å²) in [5, 5.41) is 11.0. The van der Waals surface area contributed by atoms with E-state index in [9.17, 15) is 5.11 Å². The Labute approximate surface area is 164 Å². The third kappa shape index (κ3) is 5.16.